The summed E-state index contributed by atoms with van der Waals surface area (Å²) in [6, 6.07) is 13.8. The zero-order valence-corrected chi connectivity index (χ0v) is 24.9. The van der Waals surface area contributed by atoms with Gasteiger partial charge in [-0.1, -0.05) is 64.3 Å². The summed E-state index contributed by atoms with van der Waals surface area (Å²) in [6.07, 6.45) is 6.26. The number of hydrogen-bond donors (Lipinski definition) is 1. The van der Waals surface area contributed by atoms with Gasteiger partial charge in [0.2, 0.25) is 21.8 Å². The van der Waals surface area contributed by atoms with Gasteiger partial charge in [0.25, 0.3) is 0 Å². The zero-order chi connectivity index (χ0) is 28.8. The molecule has 0 saturated heterocycles. The van der Waals surface area contributed by atoms with E-state index < -0.39 is 28.5 Å². The molecule has 1 atom stereocenters. The van der Waals surface area contributed by atoms with E-state index in [2.05, 4.69) is 26.1 Å². The van der Waals surface area contributed by atoms with Crippen LogP contribution in [0.1, 0.15) is 70.9 Å². The molecule has 1 fully saturated rings. The number of carbonyl (C=O) groups is 2. The first kappa shape index (κ1) is 30.5. The quantitative estimate of drug-likeness (QED) is 0.460. The molecule has 2 aromatic rings. The molecule has 0 radical (unpaired) electrons. The molecule has 1 saturated carbocycles. The molecule has 39 heavy (non-hydrogen) atoms. The number of anilines is 1. The summed E-state index contributed by atoms with van der Waals surface area (Å²) in [6.45, 7) is 7.68. The molecule has 3 rings (SSSR count). The maximum absolute atomic E-state index is 13.8. The Balaban J connectivity index is 1.87. The SMILES string of the molecule is COc1ccc(CN(C(=O)CN(c2ccc(C(C)(C)C)cc2)S(C)(=O)=O)[C@@H](C)C(=O)NC2CCCCC2)cc1. The fourth-order valence-electron chi connectivity index (χ4n) is 4.82. The van der Waals surface area contributed by atoms with E-state index >= 15 is 0 Å². The first-order chi connectivity index (χ1) is 18.3. The molecule has 1 aliphatic rings. The number of carbonyl (C=O) groups excluding carboxylic acids is 2. The fourth-order valence-corrected chi connectivity index (χ4v) is 5.67. The highest BCUT2D eigenvalue weighted by molar-refractivity contribution is 7.92. The van der Waals surface area contributed by atoms with Crippen LogP contribution in [0.2, 0.25) is 0 Å². The van der Waals surface area contributed by atoms with Crippen LogP contribution >= 0.6 is 0 Å². The van der Waals surface area contributed by atoms with E-state index in [0.717, 1.165) is 47.4 Å². The molecule has 1 N–H and O–H groups in total. The van der Waals surface area contributed by atoms with Crippen LogP contribution in [0.15, 0.2) is 48.5 Å². The summed E-state index contributed by atoms with van der Waals surface area (Å²) in [5.74, 6) is -0.00620. The van der Waals surface area contributed by atoms with Crippen molar-refractivity contribution in [3.63, 3.8) is 0 Å². The van der Waals surface area contributed by atoms with Gasteiger partial charge in [0, 0.05) is 12.6 Å². The molecule has 9 heteroatoms. The molecule has 2 aromatic carbocycles. The van der Waals surface area contributed by atoms with Crippen molar-refractivity contribution in [1.82, 2.24) is 10.2 Å². The lowest BCUT2D eigenvalue weighted by atomic mass is 9.87. The van der Waals surface area contributed by atoms with Gasteiger partial charge in [-0.25, -0.2) is 8.42 Å². The van der Waals surface area contributed by atoms with E-state index in [4.69, 9.17) is 4.74 Å². The molecular formula is C30H43N3O5S. The lowest BCUT2D eigenvalue weighted by molar-refractivity contribution is -0.139. The average Bonchev–Trinajstić information content (AvgIpc) is 2.89. The Morgan fingerprint density at radius 1 is 1.00 bits per heavy atom. The summed E-state index contributed by atoms with van der Waals surface area (Å²) in [5, 5.41) is 3.11. The van der Waals surface area contributed by atoms with Crippen molar-refractivity contribution in [3.05, 3.63) is 59.7 Å². The van der Waals surface area contributed by atoms with Crippen LogP contribution in [0.3, 0.4) is 0 Å². The Bertz CT molecular complexity index is 1210. The highest BCUT2D eigenvalue weighted by Gasteiger charge is 2.31. The predicted molar refractivity (Wildman–Crippen MR) is 155 cm³/mol. The molecule has 0 aromatic heterocycles. The van der Waals surface area contributed by atoms with Gasteiger partial charge >= 0.3 is 0 Å². The van der Waals surface area contributed by atoms with Crippen LogP contribution in [-0.4, -0.2) is 57.1 Å². The number of amides is 2. The maximum Gasteiger partial charge on any atom is 0.244 e. The number of nitrogens with zero attached hydrogens (tertiary/aromatic N) is 2. The molecule has 0 bridgehead atoms. The van der Waals surface area contributed by atoms with Crippen LogP contribution in [0, 0.1) is 0 Å². The molecule has 0 unspecified atom stereocenters. The van der Waals surface area contributed by atoms with E-state index in [1.165, 1.54) is 11.3 Å². The van der Waals surface area contributed by atoms with Crippen molar-refractivity contribution >= 4 is 27.5 Å². The van der Waals surface area contributed by atoms with Crippen molar-refractivity contribution < 1.29 is 22.7 Å². The Labute approximate surface area is 233 Å². The van der Waals surface area contributed by atoms with Gasteiger partial charge < -0.3 is 15.0 Å². The summed E-state index contributed by atoms with van der Waals surface area (Å²) >= 11 is 0. The minimum Gasteiger partial charge on any atom is -0.497 e. The standard InChI is InChI=1S/C30H43N3O5S/c1-22(29(35)31-25-10-8-7-9-11-25)32(20-23-12-18-27(38-5)19-13-23)28(34)21-33(39(6,36)37)26-16-14-24(15-17-26)30(2,3)4/h12-19,22,25H,7-11,20-21H2,1-6H3,(H,31,35)/t22-/m0/s1. The van der Waals surface area contributed by atoms with E-state index in [-0.39, 0.29) is 23.9 Å². The number of ether oxygens (including phenoxy) is 1. The van der Waals surface area contributed by atoms with Crippen LogP contribution in [-0.2, 0) is 31.6 Å². The lowest BCUT2D eigenvalue weighted by Crippen LogP contribution is -2.52. The molecule has 0 heterocycles. The van der Waals surface area contributed by atoms with Crippen LogP contribution < -0.4 is 14.4 Å². The van der Waals surface area contributed by atoms with Gasteiger partial charge in [-0.05, 0) is 60.6 Å². The van der Waals surface area contributed by atoms with Crippen molar-refractivity contribution in [3.8, 4) is 5.75 Å². The van der Waals surface area contributed by atoms with E-state index in [9.17, 15) is 18.0 Å². The second kappa shape index (κ2) is 12.9. The van der Waals surface area contributed by atoms with Gasteiger partial charge in [0.1, 0.15) is 18.3 Å². The number of methoxy groups -OCH3 is 1. The predicted octanol–water partition coefficient (Wildman–Crippen LogP) is 4.62. The molecular weight excluding hydrogens is 514 g/mol. The Hall–Kier alpha value is -3.07. The average molecular weight is 558 g/mol. The second-order valence-corrected chi connectivity index (χ2v) is 13.4. The Morgan fingerprint density at radius 2 is 1.59 bits per heavy atom. The summed E-state index contributed by atoms with van der Waals surface area (Å²) in [5.41, 5.74) is 2.17. The van der Waals surface area contributed by atoms with Gasteiger partial charge in [-0.3, -0.25) is 13.9 Å². The molecule has 1 aliphatic carbocycles. The number of nitrogens with one attached hydrogen (secondary N) is 1. The van der Waals surface area contributed by atoms with Gasteiger partial charge in [0.05, 0.1) is 19.1 Å². The third kappa shape index (κ3) is 8.46. The Kier molecular flexibility index (Phi) is 10.0. The molecule has 2 amide bonds. The third-order valence-corrected chi connectivity index (χ3v) is 8.47. The lowest BCUT2D eigenvalue weighted by Gasteiger charge is -2.33. The number of hydrogen-bond acceptors (Lipinski definition) is 5. The number of benzene rings is 2. The topological polar surface area (TPSA) is 96.0 Å². The molecule has 214 valence electrons. The van der Waals surface area contributed by atoms with Crippen molar-refractivity contribution in [1.29, 1.82) is 0 Å². The van der Waals surface area contributed by atoms with Crippen molar-refractivity contribution in [2.24, 2.45) is 0 Å². The largest absolute Gasteiger partial charge is 0.497 e. The van der Waals surface area contributed by atoms with Gasteiger partial charge in [0.15, 0.2) is 0 Å². The number of rotatable bonds is 10. The van der Waals surface area contributed by atoms with Crippen molar-refractivity contribution in [2.45, 2.75) is 83.8 Å². The van der Waals surface area contributed by atoms with Gasteiger partial charge in [-0.2, -0.15) is 0 Å². The summed E-state index contributed by atoms with van der Waals surface area (Å²) in [4.78, 5) is 28.5. The number of sulfonamides is 1. The minimum atomic E-state index is -3.78. The highest BCUT2D eigenvalue weighted by atomic mass is 32.2. The first-order valence-corrected chi connectivity index (χ1v) is 15.5. The molecule has 0 aliphatic heterocycles. The first-order valence-electron chi connectivity index (χ1n) is 13.6. The highest BCUT2D eigenvalue weighted by Crippen LogP contribution is 2.26. The maximum atomic E-state index is 13.8. The fraction of sp³-hybridized carbons (Fsp3) is 0.533. The molecule has 8 nitrogen and oxygen atoms in total. The normalized spacial score (nSPS) is 15.3. The van der Waals surface area contributed by atoms with Crippen LogP contribution in [0.25, 0.3) is 0 Å². The minimum absolute atomic E-state index is 0.0967. The summed E-state index contributed by atoms with van der Waals surface area (Å²) < 4.78 is 32.0. The summed E-state index contributed by atoms with van der Waals surface area (Å²) in [7, 11) is -2.20. The third-order valence-electron chi connectivity index (χ3n) is 7.33. The van der Waals surface area contributed by atoms with E-state index in [1.807, 2.05) is 24.3 Å². The van der Waals surface area contributed by atoms with Gasteiger partial charge in [-0.15, -0.1) is 0 Å². The van der Waals surface area contributed by atoms with Crippen LogP contribution in [0.5, 0.6) is 5.75 Å². The second-order valence-electron chi connectivity index (χ2n) is 11.5. The van der Waals surface area contributed by atoms with E-state index in [0.29, 0.717) is 11.4 Å². The van der Waals surface area contributed by atoms with Crippen molar-refractivity contribution in [2.75, 3.05) is 24.2 Å². The Morgan fingerprint density at radius 3 is 2.10 bits per heavy atom. The zero-order valence-electron chi connectivity index (χ0n) is 24.1. The molecule has 0 spiro atoms. The van der Waals surface area contributed by atoms with E-state index in [1.54, 1.807) is 38.3 Å². The monoisotopic (exact) mass is 557 g/mol. The van der Waals surface area contributed by atoms with Crippen LogP contribution in [0.4, 0.5) is 5.69 Å². The smallest absolute Gasteiger partial charge is 0.244 e.